The van der Waals surface area contributed by atoms with Crippen molar-refractivity contribution in [3.63, 3.8) is 0 Å². The third kappa shape index (κ3) is 3.15. The van der Waals surface area contributed by atoms with E-state index in [4.69, 9.17) is 9.97 Å². The average molecular weight is 520 g/mol. The molecule has 4 aromatic rings. The Hall–Kier alpha value is -5.17. The molecule has 7 nitrogen and oxygen atoms in total. The molecule has 192 valence electrons. The topological polar surface area (TPSA) is 42.6 Å². The third-order valence-corrected chi connectivity index (χ3v) is 8.25. The summed E-state index contributed by atoms with van der Waals surface area (Å²) >= 11 is 0. The lowest BCUT2D eigenvalue weighted by Gasteiger charge is -2.44. The van der Waals surface area contributed by atoms with Gasteiger partial charge in [-0.25, -0.2) is 9.97 Å². The standard InChI is InChI=1S/C33H25N7/c1-7-23-19-25(9-1)38-26-10-3-12-28(21-26)40-33-17-5-16-32(35-33)39(31-15-4-14-30(38)34-31)27-11-2-8-24(20-27)37(23)29-13-6-18-36(40)22-29/h1-18,21,23-24H,19-20H2. The minimum atomic E-state index is 0.122. The van der Waals surface area contributed by atoms with Gasteiger partial charge in [-0.2, -0.15) is 4.68 Å². The molecule has 2 unspecified atom stereocenters. The molecule has 4 aliphatic heterocycles. The third-order valence-electron chi connectivity index (χ3n) is 8.25. The summed E-state index contributed by atoms with van der Waals surface area (Å²) in [5, 5.41) is 2.14. The van der Waals surface area contributed by atoms with E-state index in [9.17, 15) is 0 Å². The number of pyridine rings is 3. The lowest BCUT2D eigenvalue weighted by atomic mass is 9.95. The van der Waals surface area contributed by atoms with Crippen molar-refractivity contribution < 1.29 is 4.68 Å². The van der Waals surface area contributed by atoms with E-state index >= 15 is 0 Å². The molecule has 7 heterocycles. The summed E-state index contributed by atoms with van der Waals surface area (Å²) < 4.78 is 2.04. The summed E-state index contributed by atoms with van der Waals surface area (Å²) in [6.45, 7) is 0. The highest BCUT2D eigenvalue weighted by molar-refractivity contribution is 5.76. The Balaban J connectivity index is 1.48. The Bertz CT molecular complexity index is 1710. The van der Waals surface area contributed by atoms with E-state index in [-0.39, 0.29) is 12.1 Å². The zero-order valence-electron chi connectivity index (χ0n) is 21.7. The SMILES string of the molecule is [c-]1c2ccc[n+]1N1c3cccc(c3)N3C4=CC=CC(C4)N2C2C=CC=C(C2)N(c2cccc3n2)c2cccc1n2. The number of anilines is 7. The molecule has 0 saturated carbocycles. The Labute approximate surface area is 232 Å². The van der Waals surface area contributed by atoms with E-state index < -0.39 is 0 Å². The predicted octanol–water partition coefficient (Wildman–Crippen LogP) is 6.01. The van der Waals surface area contributed by atoms with Crippen molar-refractivity contribution in [3.05, 3.63) is 133 Å². The highest BCUT2D eigenvalue weighted by Gasteiger charge is 2.34. The number of aromatic nitrogens is 3. The largest absolute Gasteiger partial charge is 0.374 e. The van der Waals surface area contributed by atoms with Gasteiger partial charge in [0.05, 0.1) is 18.3 Å². The van der Waals surface area contributed by atoms with Crippen LogP contribution in [0.25, 0.3) is 0 Å². The van der Waals surface area contributed by atoms with Crippen molar-refractivity contribution in [1.29, 1.82) is 0 Å². The minimum Gasteiger partial charge on any atom is -0.374 e. The quantitative estimate of drug-likeness (QED) is 0.209. The van der Waals surface area contributed by atoms with Gasteiger partial charge in [0, 0.05) is 29.9 Å². The molecule has 1 aromatic carbocycles. The average Bonchev–Trinajstić information content (AvgIpc) is 2.98. The Morgan fingerprint density at radius 2 is 1.30 bits per heavy atom. The molecule has 0 spiro atoms. The second kappa shape index (κ2) is 8.16. The first kappa shape index (κ1) is 21.7. The lowest BCUT2D eigenvalue weighted by molar-refractivity contribution is -0.679. The lowest BCUT2D eigenvalue weighted by Crippen LogP contribution is -2.54. The fraction of sp³-hybridized carbons (Fsp3) is 0.121. The van der Waals surface area contributed by atoms with Gasteiger partial charge >= 0.3 is 0 Å². The molecule has 0 amide bonds. The van der Waals surface area contributed by atoms with Crippen molar-refractivity contribution >= 4 is 40.3 Å². The summed E-state index contributed by atoms with van der Waals surface area (Å²) in [6, 6.07) is 25.7. The summed E-state index contributed by atoms with van der Waals surface area (Å²) in [5.41, 5.74) is 5.43. The highest BCUT2D eigenvalue weighted by Crippen LogP contribution is 2.42. The molecule has 7 heteroatoms. The van der Waals surface area contributed by atoms with Crippen LogP contribution in [0.3, 0.4) is 0 Å². The summed E-state index contributed by atoms with van der Waals surface area (Å²) in [4.78, 5) is 17.6. The number of benzene rings is 1. The van der Waals surface area contributed by atoms with Crippen LogP contribution in [0, 0.1) is 6.20 Å². The fourth-order valence-electron chi connectivity index (χ4n) is 6.58. The molecule has 3 aromatic heterocycles. The second-order valence-electron chi connectivity index (χ2n) is 10.6. The van der Waals surface area contributed by atoms with Crippen LogP contribution in [0.4, 0.5) is 40.3 Å². The van der Waals surface area contributed by atoms with Crippen LogP contribution in [0.15, 0.2) is 127 Å². The molecule has 10 rings (SSSR count). The Kier molecular flexibility index (Phi) is 4.44. The highest BCUT2D eigenvalue weighted by atomic mass is 15.6. The smallest absolute Gasteiger partial charge is 0.193 e. The monoisotopic (exact) mass is 519 g/mol. The molecular formula is C33H25N7. The van der Waals surface area contributed by atoms with Crippen molar-refractivity contribution in [3.8, 4) is 0 Å². The minimum absolute atomic E-state index is 0.122. The van der Waals surface area contributed by atoms with Gasteiger partial charge < -0.3 is 4.90 Å². The Morgan fingerprint density at radius 1 is 0.675 bits per heavy atom. The molecule has 2 aliphatic carbocycles. The molecular weight excluding hydrogens is 494 g/mol. The van der Waals surface area contributed by atoms with E-state index in [0.717, 1.165) is 58.9 Å². The first-order chi connectivity index (χ1) is 19.8. The summed E-state index contributed by atoms with van der Waals surface area (Å²) in [5.74, 6) is 3.36. The second-order valence-corrected chi connectivity index (χ2v) is 10.6. The molecule has 0 N–H and O–H groups in total. The van der Waals surface area contributed by atoms with Gasteiger partial charge in [0.2, 0.25) is 0 Å². The van der Waals surface area contributed by atoms with Crippen LogP contribution in [-0.4, -0.2) is 22.1 Å². The van der Waals surface area contributed by atoms with Gasteiger partial charge in [-0.3, -0.25) is 9.80 Å². The van der Waals surface area contributed by atoms with Gasteiger partial charge in [-0.05, 0) is 60.3 Å². The number of hydrogen-bond donors (Lipinski definition) is 0. The maximum Gasteiger partial charge on any atom is 0.193 e. The summed E-state index contributed by atoms with van der Waals surface area (Å²) in [7, 11) is 0. The molecule has 16 bridgehead atoms. The fourth-order valence-corrected chi connectivity index (χ4v) is 6.58. The molecule has 0 saturated heterocycles. The van der Waals surface area contributed by atoms with E-state index in [1.165, 1.54) is 5.70 Å². The van der Waals surface area contributed by atoms with Crippen molar-refractivity contribution in [2.24, 2.45) is 0 Å². The van der Waals surface area contributed by atoms with Crippen LogP contribution in [0.1, 0.15) is 12.8 Å². The van der Waals surface area contributed by atoms with Gasteiger partial charge in [-0.1, -0.05) is 42.5 Å². The maximum absolute atomic E-state index is 5.30. The zero-order valence-corrected chi connectivity index (χ0v) is 21.7. The van der Waals surface area contributed by atoms with Crippen molar-refractivity contribution in [2.45, 2.75) is 24.9 Å². The van der Waals surface area contributed by atoms with E-state index in [1.807, 2.05) is 4.68 Å². The van der Waals surface area contributed by atoms with E-state index in [1.54, 1.807) is 0 Å². The van der Waals surface area contributed by atoms with Crippen LogP contribution in [-0.2, 0) is 0 Å². The number of rotatable bonds is 0. The number of hydrogen-bond acceptors (Lipinski definition) is 6. The molecule has 0 radical (unpaired) electrons. The summed E-state index contributed by atoms with van der Waals surface area (Å²) in [6.07, 6.45) is 20.9. The van der Waals surface area contributed by atoms with Gasteiger partial charge in [0.15, 0.2) is 12.0 Å². The normalized spacial score (nSPS) is 21.2. The van der Waals surface area contributed by atoms with Crippen LogP contribution < -0.4 is 24.4 Å². The predicted molar refractivity (Wildman–Crippen MR) is 156 cm³/mol. The first-order valence-corrected chi connectivity index (χ1v) is 13.7. The van der Waals surface area contributed by atoms with Crippen molar-refractivity contribution in [1.82, 2.24) is 9.97 Å². The van der Waals surface area contributed by atoms with Gasteiger partial charge in [0.1, 0.15) is 23.1 Å². The van der Waals surface area contributed by atoms with Crippen LogP contribution >= 0.6 is 0 Å². The van der Waals surface area contributed by atoms with Crippen molar-refractivity contribution in [2.75, 3.05) is 19.7 Å². The molecule has 40 heavy (non-hydrogen) atoms. The zero-order chi connectivity index (χ0) is 26.2. The number of allylic oxidation sites excluding steroid dienone is 4. The Morgan fingerprint density at radius 3 is 2.08 bits per heavy atom. The number of nitrogens with zero attached hydrogens (tertiary/aromatic N) is 7. The van der Waals surface area contributed by atoms with Crippen LogP contribution in [0.2, 0.25) is 0 Å². The first-order valence-electron chi connectivity index (χ1n) is 13.7. The maximum atomic E-state index is 5.30. The van der Waals surface area contributed by atoms with Gasteiger partial charge in [0.25, 0.3) is 0 Å². The van der Waals surface area contributed by atoms with E-state index in [0.29, 0.717) is 0 Å². The molecule has 6 aliphatic rings. The van der Waals surface area contributed by atoms with Crippen LogP contribution in [0.5, 0.6) is 0 Å². The van der Waals surface area contributed by atoms with Gasteiger partial charge in [-0.15, -0.1) is 17.1 Å². The molecule has 2 atom stereocenters. The van der Waals surface area contributed by atoms with E-state index in [2.05, 4.69) is 141 Å². The molecule has 0 fully saturated rings.